The number of likely N-dealkylation sites (N-methyl/N-ethyl adjacent to an activating group) is 1. The molecule has 0 aromatic carbocycles. The van der Waals surface area contributed by atoms with Crippen LogP contribution in [0.25, 0.3) is 0 Å². The molecule has 92 valence electrons. The van der Waals surface area contributed by atoms with E-state index >= 15 is 0 Å². The van der Waals surface area contributed by atoms with E-state index in [9.17, 15) is 0 Å². The molecule has 0 aliphatic rings. The molecule has 0 spiro atoms. The van der Waals surface area contributed by atoms with Crippen molar-refractivity contribution in [2.75, 3.05) is 20.3 Å². The van der Waals surface area contributed by atoms with Crippen LogP contribution in [-0.4, -0.2) is 32.6 Å². The summed E-state index contributed by atoms with van der Waals surface area (Å²) in [6.45, 7) is 9.88. The normalized spacial score (nSPS) is 15.6. The molecule has 0 aromatic rings. The molecule has 0 heterocycles. The summed E-state index contributed by atoms with van der Waals surface area (Å²) in [6, 6.07) is 0.292. The molecule has 0 amide bonds. The lowest BCUT2D eigenvalue weighted by molar-refractivity contribution is -0.155. The molecule has 2 atom stereocenters. The number of hydrogen-bond acceptors (Lipinski definition) is 3. The lowest BCUT2D eigenvalue weighted by atomic mass is 9.99. The lowest BCUT2D eigenvalue weighted by Gasteiger charge is -2.28. The number of hydrogen-bond donors (Lipinski definition) is 1. The van der Waals surface area contributed by atoms with Gasteiger partial charge in [-0.05, 0) is 33.2 Å². The Labute approximate surface area is 94.5 Å². The Balaban J connectivity index is 4.16. The van der Waals surface area contributed by atoms with Crippen molar-refractivity contribution in [3.63, 3.8) is 0 Å². The van der Waals surface area contributed by atoms with Crippen LogP contribution < -0.4 is 5.32 Å². The third-order valence-corrected chi connectivity index (χ3v) is 2.71. The van der Waals surface area contributed by atoms with E-state index in [0.29, 0.717) is 25.2 Å². The minimum Gasteiger partial charge on any atom is -0.351 e. The van der Waals surface area contributed by atoms with Crippen molar-refractivity contribution in [1.29, 1.82) is 0 Å². The van der Waals surface area contributed by atoms with Gasteiger partial charge in [0.1, 0.15) is 0 Å². The zero-order valence-electron chi connectivity index (χ0n) is 10.9. The minimum atomic E-state index is -0.112. The van der Waals surface area contributed by atoms with E-state index in [2.05, 4.69) is 19.2 Å². The zero-order chi connectivity index (χ0) is 11.7. The van der Waals surface area contributed by atoms with Crippen LogP contribution in [-0.2, 0) is 9.47 Å². The van der Waals surface area contributed by atoms with Crippen LogP contribution in [0.3, 0.4) is 0 Å². The van der Waals surface area contributed by atoms with Crippen LogP contribution in [0, 0.1) is 5.92 Å². The lowest BCUT2D eigenvalue weighted by Crippen LogP contribution is -2.42. The fourth-order valence-corrected chi connectivity index (χ4v) is 1.57. The molecule has 1 N–H and O–H groups in total. The Morgan fingerprint density at radius 3 is 1.93 bits per heavy atom. The molecular weight excluding hydrogens is 190 g/mol. The van der Waals surface area contributed by atoms with Gasteiger partial charge in [-0.25, -0.2) is 0 Å². The molecule has 0 saturated carbocycles. The third kappa shape index (κ3) is 6.13. The molecule has 0 radical (unpaired) electrons. The fourth-order valence-electron chi connectivity index (χ4n) is 1.57. The smallest absolute Gasteiger partial charge is 0.172 e. The third-order valence-electron chi connectivity index (χ3n) is 2.71. The highest BCUT2D eigenvalue weighted by Gasteiger charge is 2.22. The summed E-state index contributed by atoms with van der Waals surface area (Å²) in [4.78, 5) is 0. The first-order valence-corrected chi connectivity index (χ1v) is 6.09. The Kier molecular flexibility index (Phi) is 9.06. The van der Waals surface area contributed by atoms with Crippen molar-refractivity contribution in [3.8, 4) is 0 Å². The van der Waals surface area contributed by atoms with E-state index in [1.165, 1.54) is 6.42 Å². The van der Waals surface area contributed by atoms with Crippen molar-refractivity contribution < 1.29 is 9.47 Å². The summed E-state index contributed by atoms with van der Waals surface area (Å²) in [7, 11) is 1.97. The molecule has 15 heavy (non-hydrogen) atoms. The Morgan fingerprint density at radius 1 is 1.07 bits per heavy atom. The first-order valence-electron chi connectivity index (χ1n) is 6.09. The van der Waals surface area contributed by atoms with Crippen molar-refractivity contribution in [3.05, 3.63) is 0 Å². The van der Waals surface area contributed by atoms with Gasteiger partial charge in [0.05, 0.1) is 6.04 Å². The van der Waals surface area contributed by atoms with Gasteiger partial charge in [0.2, 0.25) is 0 Å². The number of rotatable bonds is 9. The van der Waals surface area contributed by atoms with E-state index in [1.54, 1.807) is 0 Å². The highest BCUT2D eigenvalue weighted by molar-refractivity contribution is 4.71. The highest BCUT2D eigenvalue weighted by atomic mass is 16.7. The Hall–Kier alpha value is -0.120. The van der Waals surface area contributed by atoms with Crippen LogP contribution in [0.2, 0.25) is 0 Å². The van der Waals surface area contributed by atoms with Crippen molar-refractivity contribution in [2.45, 2.75) is 52.9 Å². The van der Waals surface area contributed by atoms with Gasteiger partial charge in [-0.1, -0.05) is 20.3 Å². The molecule has 0 aliphatic heterocycles. The second-order valence-electron chi connectivity index (χ2n) is 3.92. The van der Waals surface area contributed by atoms with E-state index in [4.69, 9.17) is 9.47 Å². The van der Waals surface area contributed by atoms with Crippen LogP contribution in [0.4, 0.5) is 0 Å². The minimum absolute atomic E-state index is 0.112. The summed E-state index contributed by atoms with van der Waals surface area (Å²) in [5.41, 5.74) is 0. The number of nitrogens with one attached hydrogen (secondary N) is 1. The summed E-state index contributed by atoms with van der Waals surface area (Å²) >= 11 is 0. The summed E-state index contributed by atoms with van der Waals surface area (Å²) in [5.74, 6) is 0.700. The van der Waals surface area contributed by atoms with Crippen LogP contribution in [0.15, 0.2) is 0 Å². The molecular formula is C12H27NO2. The summed E-state index contributed by atoms with van der Waals surface area (Å²) in [5, 5.41) is 3.29. The van der Waals surface area contributed by atoms with Gasteiger partial charge in [-0.15, -0.1) is 0 Å². The summed E-state index contributed by atoms with van der Waals surface area (Å²) < 4.78 is 11.2. The average molecular weight is 217 g/mol. The molecule has 0 saturated heterocycles. The largest absolute Gasteiger partial charge is 0.351 e. The first kappa shape index (κ1) is 14.9. The maximum absolute atomic E-state index is 5.60. The number of ether oxygens (including phenoxy) is 2. The Bertz CT molecular complexity index is 136. The standard InChI is InChI=1S/C12H27NO2/c1-6-10(4)9-11(13-5)12(14-7-2)15-8-3/h10-13H,6-9H2,1-5H3. The van der Waals surface area contributed by atoms with E-state index < -0.39 is 0 Å². The van der Waals surface area contributed by atoms with E-state index in [0.717, 1.165) is 6.42 Å². The van der Waals surface area contributed by atoms with Crippen molar-refractivity contribution >= 4 is 0 Å². The highest BCUT2D eigenvalue weighted by Crippen LogP contribution is 2.14. The van der Waals surface area contributed by atoms with Gasteiger partial charge in [0.15, 0.2) is 6.29 Å². The summed E-state index contributed by atoms with van der Waals surface area (Å²) in [6.07, 6.45) is 2.18. The van der Waals surface area contributed by atoms with E-state index in [1.807, 2.05) is 20.9 Å². The molecule has 0 rings (SSSR count). The van der Waals surface area contributed by atoms with Crippen molar-refractivity contribution in [1.82, 2.24) is 5.32 Å². The molecule has 0 aliphatic carbocycles. The zero-order valence-corrected chi connectivity index (χ0v) is 10.9. The second-order valence-corrected chi connectivity index (χ2v) is 3.92. The molecule has 3 heteroatoms. The van der Waals surface area contributed by atoms with E-state index in [-0.39, 0.29) is 6.29 Å². The molecule has 3 nitrogen and oxygen atoms in total. The van der Waals surface area contributed by atoms with Crippen LogP contribution in [0.1, 0.15) is 40.5 Å². The predicted octanol–water partition coefficient (Wildman–Crippen LogP) is 2.41. The van der Waals surface area contributed by atoms with Gasteiger partial charge in [-0.3, -0.25) is 0 Å². The second kappa shape index (κ2) is 9.13. The van der Waals surface area contributed by atoms with Gasteiger partial charge in [0.25, 0.3) is 0 Å². The fraction of sp³-hybridized carbons (Fsp3) is 1.00. The maximum atomic E-state index is 5.60. The first-order chi connectivity index (χ1) is 7.19. The topological polar surface area (TPSA) is 30.5 Å². The van der Waals surface area contributed by atoms with Gasteiger partial charge in [0, 0.05) is 13.2 Å². The quantitative estimate of drug-likeness (QED) is 0.602. The Morgan fingerprint density at radius 2 is 1.60 bits per heavy atom. The SMILES string of the molecule is CCOC(OCC)C(CC(C)CC)NC. The molecule has 0 aromatic heterocycles. The van der Waals surface area contributed by atoms with Crippen LogP contribution >= 0.6 is 0 Å². The van der Waals surface area contributed by atoms with Gasteiger partial charge < -0.3 is 14.8 Å². The maximum Gasteiger partial charge on any atom is 0.172 e. The predicted molar refractivity (Wildman–Crippen MR) is 64.0 cm³/mol. The average Bonchev–Trinajstić information content (AvgIpc) is 2.25. The molecule has 0 fully saturated rings. The van der Waals surface area contributed by atoms with Crippen molar-refractivity contribution in [2.24, 2.45) is 5.92 Å². The monoisotopic (exact) mass is 217 g/mol. The molecule has 2 unspecified atom stereocenters. The van der Waals surface area contributed by atoms with Crippen LogP contribution in [0.5, 0.6) is 0 Å². The van der Waals surface area contributed by atoms with Gasteiger partial charge in [-0.2, -0.15) is 0 Å². The molecule has 0 bridgehead atoms. The van der Waals surface area contributed by atoms with Gasteiger partial charge >= 0.3 is 0 Å².